The lowest BCUT2D eigenvalue weighted by atomic mass is 10.2. The van der Waals surface area contributed by atoms with Gasteiger partial charge < -0.3 is 14.8 Å². The van der Waals surface area contributed by atoms with Crippen LogP contribution in [0.3, 0.4) is 0 Å². The first-order chi connectivity index (χ1) is 13.3. The van der Waals surface area contributed by atoms with Crippen LogP contribution < -0.4 is 19.1 Å². The van der Waals surface area contributed by atoms with Crippen LogP contribution in [0.25, 0.3) is 0 Å². The molecule has 1 amide bonds. The Labute approximate surface area is 166 Å². The van der Waals surface area contributed by atoms with E-state index in [0.29, 0.717) is 30.4 Å². The van der Waals surface area contributed by atoms with E-state index in [4.69, 9.17) is 9.47 Å². The van der Waals surface area contributed by atoms with Crippen LogP contribution in [0.4, 0.5) is 5.69 Å². The molecule has 28 heavy (non-hydrogen) atoms. The summed E-state index contributed by atoms with van der Waals surface area (Å²) < 4.78 is 36.3. The maximum atomic E-state index is 12.4. The lowest BCUT2D eigenvalue weighted by Gasteiger charge is -2.21. The van der Waals surface area contributed by atoms with Crippen LogP contribution in [0.1, 0.15) is 19.4 Å². The van der Waals surface area contributed by atoms with Gasteiger partial charge in [0.25, 0.3) is 0 Å². The highest BCUT2D eigenvalue weighted by Crippen LogP contribution is 2.28. The molecule has 0 heterocycles. The fraction of sp³-hybridized carbons (Fsp3) is 0.350. The van der Waals surface area contributed by atoms with Gasteiger partial charge >= 0.3 is 0 Å². The molecule has 0 spiro atoms. The molecule has 0 aliphatic rings. The molecule has 7 nitrogen and oxygen atoms in total. The standard InChI is InChI=1S/C20H26N2O5S/c1-4-26-18-12-11-16(13-19(18)27-5-2)14-21-20(23)15-22(28(3,24)25)17-9-7-6-8-10-17/h6-13H,4-5,14-15H2,1-3H3,(H,21,23). The number of benzene rings is 2. The van der Waals surface area contributed by atoms with E-state index in [1.807, 2.05) is 19.9 Å². The normalized spacial score (nSPS) is 11.0. The van der Waals surface area contributed by atoms with Gasteiger partial charge in [0.15, 0.2) is 11.5 Å². The highest BCUT2D eigenvalue weighted by atomic mass is 32.2. The van der Waals surface area contributed by atoms with Gasteiger partial charge in [-0.05, 0) is 43.7 Å². The van der Waals surface area contributed by atoms with Crippen LogP contribution in [0.15, 0.2) is 48.5 Å². The number of amides is 1. The minimum atomic E-state index is -3.59. The van der Waals surface area contributed by atoms with Crippen molar-refractivity contribution in [1.29, 1.82) is 0 Å². The summed E-state index contributed by atoms with van der Waals surface area (Å²) in [5.41, 5.74) is 1.27. The number of anilines is 1. The summed E-state index contributed by atoms with van der Waals surface area (Å²) in [6.45, 7) is 4.75. The Morgan fingerprint density at radius 3 is 2.25 bits per heavy atom. The van der Waals surface area contributed by atoms with E-state index < -0.39 is 15.9 Å². The van der Waals surface area contributed by atoms with Crippen LogP contribution in [0, 0.1) is 0 Å². The van der Waals surface area contributed by atoms with E-state index in [9.17, 15) is 13.2 Å². The molecule has 0 fully saturated rings. The van der Waals surface area contributed by atoms with Gasteiger partial charge in [-0.3, -0.25) is 9.10 Å². The van der Waals surface area contributed by atoms with Gasteiger partial charge in [0.1, 0.15) is 6.54 Å². The smallest absolute Gasteiger partial charge is 0.241 e. The van der Waals surface area contributed by atoms with Gasteiger partial charge in [0.05, 0.1) is 25.2 Å². The number of hydrogen-bond donors (Lipinski definition) is 1. The van der Waals surface area contributed by atoms with Crippen LogP contribution in [0.5, 0.6) is 11.5 Å². The second-order valence-electron chi connectivity index (χ2n) is 6.03. The maximum Gasteiger partial charge on any atom is 0.241 e. The Kier molecular flexibility index (Phi) is 7.69. The molecular weight excluding hydrogens is 380 g/mol. The summed E-state index contributed by atoms with van der Waals surface area (Å²) in [5, 5.41) is 2.75. The van der Waals surface area contributed by atoms with Gasteiger partial charge in [-0.15, -0.1) is 0 Å². The third-order valence-electron chi connectivity index (χ3n) is 3.83. The van der Waals surface area contributed by atoms with Gasteiger partial charge in [-0.2, -0.15) is 0 Å². The molecule has 0 aromatic heterocycles. The third-order valence-corrected chi connectivity index (χ3v) is 4.97. The fourth-order valence-corrected chi connectivity index (χ4v) is 3.44. The Morgan fingerprint density at radius 2 is 1.64 bits per heavy atom. The number of carbonyl (C=O) groups excluding carboxylic acids is 1. The van der Waals surface area contributed by atoms with Gasteiger partial charge in [0, 0.05) is 6.54 Å². The van der Waals surface area contributed by atoms with Gasteiger partial charge in [-0.1, -0.05) is 24.3 Å². The summed E-state index contributed by atoms with van der Waals surface area (Å²) >= 11 is 0. The summed E-state index contributed by atoms with van der Waals surface area (Å²) in [4.78, 5) is 12.4. The molecule has 2 aromatic rings. The van der Waals surface area contributed by atoms with Crippen molar-refractivity contribution in [3.05, 3.63) is 54.1 Å². The fourth-order valence-electron chi connectivity index (χ4n) is 2.59. The Bertz CT molecular complexity index is 885. The highest BCUT2D eigenvalue weighted by Gasteiger charge is 2.20. The van der Waals surface area contributed by atoms with Crippen molar-refractivity contribution in [2.45, 2.75) is 20.4 Å². The quantitative estimate of drug-likeness (QED) is 0.656. The summed E-state index contributed by atoms with van der Waals surface area (Å²) in [5.74, 6) is 0.853. The topological polar surface area (TPSA) is 84.9 Å². The molecule has 8 heteroatoms. The Morgan fingerprint density at radius 1 is 1.00 bits per heavy atom. The predicted octanol–water partition coefficient (Wildman–Crippen LogP) is 2.57. The largest absolute Gasteiger partial charge is 0.490 e. The second-order valence-corrected chi connectivity index (χ2v) is 7.94. The number of ether oxygens (including phenoxy) is 2. The van der Waals surface area contributed by atoms with Crippen LogP contribution in [0.2, 0.25) is 0 Å². The minimum absolute atomic E-state index is 0.248. The zero-order valence-electron chi connectivity index (χ0n) is 16.3. The van der Waals surface area contributed by atoms with Crippen molar-refractivity contribution < 1.29 is 22.7 Å². The average Bonchev–Trinajstić information content (AvgIpc) is 2.66. The number of para-hydroxylation sites is 1. The molecule has 0 saturated carbocycles. The summed E-state index contributed by atoms with van der Waals surface area (Å²) in [6.07, 6.45) is 1.08. The molecule has 0 unspecified atom stereocenters. The predicted molar refractivity (Wildman–Crippen MR) is 109 cm³/mol. The van der Waals surface area contributed by atoms with E-state index in [1.165, 1.54) is 0 Å². The second kappa shape index (κ2) is 9.98. The summed E-state index contributed by atoms with van der Waals surface area (Å²) in [7, 11) is -3.59. The number of nitrogens with zero attached hydrogens (tertiary/aromatic N) is 1. The average molecular weight is 407 g/mol. The van der Waals surface area contributed by atoms with E-state index in [0.717, 1.165) is 16.1 Å². The van der Waals surface area contributed by atoms with Crippen molar-refractivity contribution in [2.75, 3.05) is 30.3 Å². The van der Waals surface area contributed by atoms with E-state index >= 15 is 0 Å². The SMILES string of the molecule is CCOc1ccc(CNC(=O)CN(c2ccccc2)S(C)(=O)=O)cc1OCC. The zero-order chi connectivity index (χ0) is 20.6. The Balaban J connectivity index is 2.05. The van der Waals surface area contributed by atoms with Crippen molar-refractivity contribution in [3.63, 3.8) is 0 Å². The van der Waals surface area contributed by atoms with Crippen LogP contribution in [-0.2, 0) is 21.4 Å². The molecule has 0 atom stereocenters. The zero-order valence-corrected chi connectivity index (χ0v) is 17.2. The van der Waals surface area contributed by atoms with E-state index in [2.05, 4.69) is 5.32 Å². The van der Waals surface area contributed by atoms with E-state index in [-0.39, 0.29) is 13.1 Å². The number of sulfonamides is 1. The first kappa shape index (κ1) is 21.6. The molecule has 1 N–H and O–H groups in total. The molecular formula is C20H26N2O5S. The number of rotatable bonds is 10. The van der Waals surface area contributed by atoms with E-state index in [1.54, 1.807) is 42.5 Å². The first-order valence-electron chi connectivity index (χ1n) is 9.03. The number of hydrogen-bond acceptors (Lipinski definition) is 5. The molecule has 0 radical (unpaired) electrons. The molecule has 0 aliphatic heterocycles. The minimum Gasteiger partial charge on any atom is -0.490 e. The Hall–Kier alpha value is -2.74. The highest BCUT2D eigenvalue weighted by molar-refractivity contribution is 7.92. The first-order valence-corrected chi connectivity index (χ1v) is 10.9. The van der Waals surface area contributed by atoms with Crippen molar-refractivity contribution in [3.8, 4) is 11.5 Å². The lowest BCUT2D eigenvalue weighted by molar-refractivity contribution is -0.119. The molecule has 0 bridgehead atoms. The summed E-state index contributed by atoms with van der Waals surface area (Å²) in [6, 6.07) is 14.0. The molecule has 2 rings (SSSR count). The van der Waals surface area contributed by atoms with Crippen LogP contribution in [-0.4, -0.2) is 40.3 Å². The molecule has 0 aliphatic carbocycles. The number of carbonyl (C=O) groups is 1. The maximum absolute atomic E-state index is 12.4. The van der Waals surface area contributed by atoms with Gasteiger partial charge in [-0.25, -0.2) is 8.42 Å². The van der Waals surface area contributed by atoms with Crippen LogP contribution >= 0.6 is 0 Å². The van der Waals surface area contributed by atoms with Gasteiger partial charge in [0.2, 0.25) is 15.9 Å². The molecule has 0 saturated heterocycles. The lowest BCUT2D eigenvalue weighted by Crippen LogP contribution is -2.40. The third kappa shape index (κ3) is 6.16. The molecule has 2 aromatic carbocycles. The van der Waals surface area contributed by atoms with Crippen molar-refractivity contribution in [2.24, 2.45) is 0 Å². The molecule has 152 valence electrons. The monoisotopic (exact) mass is 406 g/mol. The van der Waals surface area contributed by atoms with Crippen molar-refractivity contribution >= 4 is 21.6 Å². The number of nitrogens with one attached hydrogen (secondary N) is 1. The van der Waals surface area contributed by atoms with Crippen molar-refractivity contribution in [1.82, 2.24) is 5.32 Å².